The van der Waals surface area contributed by atoms with E-state index < -0.39 is 11.0 Å². The minimum atomic E-state index is -1.61. The molecule has 0 fully saturated rings. The Morgan fingerprint density at radius 2 is 1.72 bits per heavy atom. The maximum atomic E-state index is 12.9. The topological polar surface area (TPSA) is 96.1 Å². The molecule has 0 radical (unpaired) electrons. The Balaban J connectivity index is 0.00000154. The van der Waals surface area contributed by atoms with Crippen molar-refractivity contribution < 1.29 is 13.4 Å². The van der Waals surface area contributed by atoms with Crippen molar-refractivity contribution in [2.75, 3.05) is 4.72 Å². The molecule has 3 aromatic rings. The average molecular weight is 528 g/mol. The molecular formula is C28H34ClN3O3S. The van der Waals surface area contributed by atoms with Gasteiger partial charge in [0.1, 0.15) is 11.0 Å². The Kier molecular flexibility index (Phi) is 13.4. The molecule has 8 heteroatoms. The average Bonchev–Trinajstić information content (AvgIpc) is 3.33. The highest BCUT2D eigenvalue weighted by atomic mass is 35.5. The van der Waals surface area contributed by atoms with Crippen molar-refractivity contribution in [2.24, 2.45) is 0 Å². The van der Waals surface area contributed by atoms with Gasteiger partial charge in [-0.2, -0.15) is 0 Å². The Labute approximate surface area is 221 Å². The standard InChI is InChI=1S/C24H22ClN3O3S.2C2H6/c1-15(5-4-6-16(2)26)24(29)21-13-19(25)9-12-22(21)28-32(30)20-10-7-18(8-11-20)23-14-27-17(3)31-23;2*1-2/h4-14,26,28H,1-3H3;2*1-2H3/b6-4-,15-5+,26-16?;;. The van der Waals surface area contributed by atoms with E-state index >= 15 is 0 Å². The third kappa shape index (κ3) is 9.06. The summed E-state index contributed by atoms with van der Waals surface area (Å²) in [5, 5.41) is 7.82. The number of allylic oxidation sites excluding steroid dienone is 4. The number of nitrogens with zero attached hydrogens (tertiary/aromatic N) is 1. The highest BCUT2D eigenvalue weighted by Gasteiger charge is 2.16. The third-order valence-corrected chi connectivity index (χ3v) is 5.79. The van der Waals surface area contributed by atoms with E-state index in [1.54, 1.807) is 87.7 Å². The van der Waals surface area contributed by atoms with Gasteiger partial charge in [-0.3, -0.25) is 4.79 Å². The van der Waals surface area contributed by atoms with Crippen LogP contribution in [-0.2, 0) is 11.0 Å². The molecular weight excluding hydrogens is 494 g/mol. The number of benzene rings is 2. The highest BCUT2D eigenvalue weighted by Crippen LogP contribution is 2.26. The van der Waals surface area contributed by atoms with E-state index in [1.165, 1.54) is 0 Å². The zero-order valence-electron chi connectivity index (χ0n) is 21.8. The van der Waals surface area contributed by atoms with Gasteiger partial charge >= 0.3 is 0 Å². The van der Waals surface area contributed by atoms with Crippen LogP contribution in [0.2, 0.25) is 5.02 Å². The number of aromatic nitrogens is 1. The summed E-state index contributed by atoms with van der Waals surface area (Å²) in [5.74, 6) is 0.949. The molecule has 1 heterocycles. The third-order valence-electron chi connectivity index (χ3n) is 4.45. The van der Waals surface area contributed by atoms with E-state index in [2.05, 4.69) is 9.71 Å². The van der Waals surface area contributed by atoms with Gasteiger partial charge in [-0.1, -0.05) is 51.4 Å². The molecule has 2 aromatic carbocycles. The van der Waals surface area contributed by atoms with Crippen LogP contribution in [0.5, 0.6) is 0 Å². The summed E-state index contributed by atoms with van der Waals surface area (Å²) >= 11 is 6.11. The number of carbonyl (C=O) groups excluding carboxylic acids is 1. The van der Waals surface area contributed by atoms with Gasteiger partial charge in [-0.15, -0.1) is 0 Å². The second kappa shape index (κ2) is 15.7. The first-order chi connectivity index (χ1) is 17.2. The van der Waals surface area contributed by atoms with Crippen molar-refractivity contribution in [3.63, 3.8) is 0 Å². The summed E-state index contributed by atoms with van der Waals surface area (Å²) in [4.78, 5) is 17.6. The zero-order chi connectivity index (χ0) is 27.3. The lowest BCUT2D eigenvalue weighted by Crippen LogP contribution is -2.10. The molecule has 0 amide bonds. The number of anilines is 1. The number of halogens is 1. The smallest absolute Gasteiger partial charge is 0.191 e. The second-order valence-electron chi connectivity index (χ2n) is 7.05. The lowest BCUT2D eigenvalue weighted by Gasteiger charge is -2.12. The van der Waals surface area contributed by atoms with Gasteiger partial charge < -0.3 is 14.5 Å². The first-order valence-corrected chi connectivity index (χ1v) is 13.2. The van der Waals surface area contributed by atoms with E-state index in [-0.39, 0.29) is 5.78 Å². The van der Waals surface area contributed by atoms with Crippen LogP contribution < -0.4 is 4.72 Å². The van der Waals surface area contributed by atoms with Gasteiger partial charge in [0, 0.05) is 28.8 Å². The summed E-state index contributed by atoms with van der Waals surface area (Å²) in [6.07, 6.45) is 6.50. The van der Waals surface area contributed by atoms with E-state index in [0.29, 0.717) is 44.1 Å². The van der Waals surface area contributed by atoms with Gasteiger partial charge in [-0.05, 0) is 68.0 Å². The molecule has 0 saturated heterocycles. The summed E-state index contributed by atoms with van der Waals surface area (Å²) < 4.78 is 21.3. The van der Waals surface area contributed by atoms with Crippen LogP contribution in [0.1, 0.15) is 57.8 Å². The second-order valence-corrected chi connectivity index (χ2v) is 8.70. The van der Waals surface area contributed by atoms with Crippen LogP contribution in [0.25, 0.3) is 11.3 Å². The Bertz CT molecular complexity index is 1250. The molecule has 0 aliphatic heterocycles. The number of hydrogen-bond acceptors (Lipinski definition) is 5. The Morgan fingerprint density at radius 3 is 2.28 bits per heavy atom. The van der Waals surface area contributed by atoms with Crippen LogP contribution in [0, 0.1) is 12.3 Å². The fraction of sp³-hybridized carbons (Fsp3) is 0.250. The Morgan fingerprint density at radius 1 is 1.08 bits per heavy atom. The molecule has 0 aliphatic rings. The normalized spacial score (nSPS) is 11.6. The number of aryl methyl sites for hydroxylation is 1. The van der Waals surface area contributed by atoms with Crippen LogP contribution in [0.3, 0.4) is 0 Å². The maximum absolute atomic E-state index is 12.9. The van der Waals surface area contributed by atoms with Crippen molar-refractivity contribution in [2.45, 2.75) is 53.4 Å². The fourth-order valence-electron chi connectivity index (χ4n) is 2.81. The molecule has 1 aromatic heterocycles. The van der Waals surface area contributed by atoms with E-state index in [4.69, 9.17) is 21.4 Å². The molecule has 6 nitrogen and oxygen atoms in total. The molecule has 0 saturated carbocycles. The summed E-state index contributed by atoms with van der Waals surface area (Å²) in [5.41, 5.74) is 2.39. The Hall–Kier alpha value is -3.29. The van der Waals surface area contributed by atoms with Crippen LogP contribution in [0.4, 0.5) is 5.69 Å². The van der Waals surface area contributed by atoms with Gasteiger partial charge in [-0.25, -0.2) is 9.19 Å². The first-order valence-electron chi connectivity index (χ1n) is 11.7. The first kappa shape index (κ1) is 30.7. The summed E-state index contributed by atoms with van der Waals surface area (Å²) in [6, 6.07) is 11.9. The number of rotatable bonds is 8. The van der Waals surface area contributed by atoms with Gasteiger partial charge in [0.25, 0.3) is 0 Å². The van der Waals surface area contributed by atoms with Crippen LogP contribution >= 0.6 is 11.6 Å². The van der Waals surface area contributed by atoms with Crippen molar-refractivity contribution in [1.29, 1.82) is 5.41 Å². The summed E-state index contributed by atoms with van der Waals surface area (Å²) in [7, 11) is -1.61. The van der Waals surface area contributed by atoms with Crippen molar-refractivity contribution in [3.05, 3.63) is 88.9 Å². The molecule has 2 N–H and O–H groups in total. The molecule has 3 rings (SSSR count). The largest absolute Gasteiger partial charge is 0.441 e. The lowest BCUT2D eigenvalue weighted by molar-refractivity contribution is 0.103. The van der Waals surface area contributed by atoms with E-state index in [9.17, 15) is 9.00 Å². The predicted molar refractivity (Wildman–Crippen MR) is 151 cm³/mol. The molecule has 0 aliphatic carbocycles. The SMILES string of the molecule is CC.CC.CC(=N)/C=C\C=C(/C)C(=O)c1cc(Cl)ccc1NS(=O)c1ccc(-c2cnc(C)o2)cc1. The van der Waals surface area contributed by atoms with Crippen molar-refractivity contribution in [1.82, 2.24) is 4.98 Å². The maximum Gasteiger partial charge on any atom is 0.191 e. The number of ketones is 1. The van der Waals surface area contributed by atoms with E-state index in [0.717, 1.165) is 5.56 Å². The molecule has 0 bridgehead atoms. The molecule has 0 spiro atoms. The number of hydrogen-bond donors (Lipinski definition) is 2. The minimum absolute atomic E-state index is 0.254. The van der Waals surface area contributed by atoms with E-state index in [1.807, 2.05) is 27.7 Å². The van der Waals surface area contributed by atoms with Crippen molar-refractivity contribution in [3.8, 4) is 11.3 Å². The van der Waals surface area contributed by atoms with Crippen LogP contribution in [0.15, 0.2) is 81.8 Å². The number of carbonyl (C=O) groups is 1. The fourth-order valence-corrected chi connectivity index (χ4v) is 3.87. The quantitative estimate of drug-likeness (QED) is 0.133. The van der Waals surface area contributed by atoms with Gasteiger partial charge in [0.2, 0.25) is 0 Å². The molecule has 1 unspecified atom stereocenters. The van der Waals surface area contributed by atoms with Gasteiger partial charge in [0.15, 0.2) is 17.4 Å². The van der Waals surface area contributed by atoms with Crippen LogP contribution in [-0.4, -0.2) is 20.7 Å². The number of nitrogens with one attached hydrogen (secondary N) is 2. The monoisotopic (exact) mass is 527 g/mol. The molecule has 36 heavy (non-hydrogen) atoms. The number of Topliss-reactive ketones (excluding diaryl/α,β-unsaturated/α-hetero) is 1. The van der Waals surface area contributed by atoms with Crippen molar-refractivity contribution >= 4 is 39.8 Å². The zero-order valence-corrected chi connectivity index (χ0v) is 23.4. The van der Waals surface area contributed by atoms with Gasteiger partial charge in [0.05, 0.1) is 16.8 Å². The summed E-state index contributed by atoms with van der Waals surface area (Å²) in [6.45, 7) is 13.1. The lowest BCUT2D eigenvalue weighted by atomic mass is 10.0. The highest BCUT2D eigenvalue weighted by molar-refractivity contribution is 7.86. The minimum Gasteiger partial charge on any atom is -0.441 e. The molecule has 192 valence electrons. The predicted octanol–water partition coefficient (Wildman–Crippen LogP) is 8.22. The molecule has 1 atom stereocenters. The number of oxazole rings is 1.